The average molecular weight is 377 g/mol. The number of amides is 2. The maximum Gasteiger partial charge on any atom is 0.264 e. The van der Waals surface area contributed by atoms with Gasteiger partial charge in [-0.15, -0.1) is 11.3 Å². The summed E-state index contributed by atoms with van der Waals surface area (Å²) in [6.45, 7) is 3.41. The van der Waals surface area contributed by atoms with Crippen molar-refractivity contribution in [3.05, 3.63) is 56.7 Å². The van der Waals surface area contributed by atoms with Crippen LogP contribution in [-0.2, 0) is 0 Å². The molecule has 3 rings (SSSR count). The summed E-state index contributed by atoms with van der Waals surface area (Å²) < 4.78 is 0. The average Bonchev–Trinajstić information content (AvgIpc) is 3.12. The fourth-order valence-corrected chi connectivity index (χ4v) is 3.68. The zero-order chi connectivity index (χ0) is 18.0. The molecule has 2 amide bonds. The summed E-state index contributed by atoms with van der Waals surface area (Å²) >= 11 is 7.06. The summed E-state index contributed by atoms with van der Waals surface area (Å²) in [5, 5.41) is 0.591. The Morgan fingerprint density at radius 3 is 1.88 bits per heavy atom. The van der Waals surface area contributed by atoms with Crippen LogP contribution >= 0.6 is 22.9 Å². The van der Waals surface area contributed by atoms with Crippen molar-refractivity contribution in [2.75, 3.05) is 26.2 Å². The van der Waals surface area contributed by atoms with Crippen LogP contribution in [-0.4, -0.2) is 53.6 Å². The SMILES string of the molecule is CC(=O)c1ccc(C(=O)N2CCN(C(=O)c3ccc(Cl)cc3)CC2)s1. The quantitative estimate of drug-likeness (QED) is 0.773. The van der Waals surface area contributed by atoms with Crippen LogP contribution < -0.4 is 0 Å². The monoisotopic (exact) mass is 376 g/mol. The summed E-state index contributed by atoms with van der Waals surface area (Å²) in [6.07, 6.45) is 0. The number of nitrogens with zero attached hydrogens (tertiary/aromatic N) is 2. The summed E-state index contributed by atoms with van der Waals surface area (Å²) in [6, 6.07) is 10.2. The third kappa shape index (κ3) is 3.91. The van der Waals surface area contributed by atoms with Crippen LogP contribution in [0.5, 0.6) is 0 Å². The second-order valence-corrected chi connectivity index (χ2v) is 7.33. The maximum atomic E-state index is 12.5. The van der Waals surface area contributed by atoms with Crippen LogP contribution in [0.25, 0.3) is 0 Å². The van der Waals surface area contributed by atoms with Gasteiger partial charge in [0.1, 0.15) is 0 Å². The van der Waals surface area contributed by atoms with E-state index in [0.29, 0.717) is 46.5 Å². The molecule has 0 unspecified atom stereocenters. The van der Waals surface area contributed by atoms with Gasteiger partial charge in [0.15, 0.2) is 5.78 Å². The number of carbonyl (C=O) groups is 3. The minimum Gasteiger partial charge on any atom is -0.335 e. The third-order valence-corrected chi connectivity index (χ3v) is 5.54. The minimum atomic E-state index is -0.0870. The Morgan fingerprint density at radius 2 is 1.36 bits per heavy atom. The molecule has 0 aliphatic carbocycles. The highest BCUT2D eigenvalue weighted by Crippen LogP contribution is 2.20. The van der Waals surface area contributed by atoms with E-state index < -0.39 is 0 Å². The zero-order valence-corrected chi connectivity index (χ0v) is 15.3. The molecule has 2 aromatic rings. The smallest absolute Gasteiger partial charge is 0.264 e. The number of benzene rings is 1. The molecule has 1 saturated heterocycles. The first-order valence-corrected chi connectivity index (χ1v) is 9.10. The Morgan fingerprint density at radius 1 is 0.840 bits per heavy atom. The van der Waals surface area contributed by atoms with E-state index in [2.05, 4.69) is 0 Å². The molecule has 1 fully saturated rings. The van der Waals surface area contributed by atoms with Gasteiger partial charge in [-0.25, -0.2) is 0 Å². The summed E-state index contributed by atoms with van der Waals surface area (Å²) in [7, 11) is 0. The van der Waals surface area contributed by atoms with Gasteiger partial charge >= 0.3 is 0 Å². The van der Waals surface area contributed by atoms with E-state index in [-0.39, 0.29) is 17.6 Å². The highest BCUT2D eigenvalue weighted by atomic mass is 35.5. The minimum absolute atomic E-state index is 0.0394. The fraction of sp³-hybridized carbons (Fsp3) is 0.278. The molecule has 1 aliphatic rings. The van der Waals surface area contributed by atoms with E-state index >= 15 is 0 Å². The molecule has 0 bridgehead atoms. The number of thiophene rings is 1. The molecule has 25 heavy (non-hydrogen) atoms. The standard InChI is InChI=1S/C18H17ClN2O3S/c1-12(22)15-6-7-16(25-15)18(24)21-10-8-20(9-11-21)17(23)13-2-4-14(19)5-3-13/h2-7H,8-11H2,1H3. The Balaban J connectivity index is 1.61. The molecule has 2 heterocycles. The van der Waals surface area contributed by atoms with E-state index in [9.17, 15) is 14.4 Å². The lowest BCUT2D eigenvalue weighted by molar-refractivity contribution is 0.0538. The van der Waals surface area contributed by atoms with Crippen molar-refractivity contribution in [2.45, 2.75) is 6.92 Å². The van der Waals surface area contributed by atoms with Crippen molar-refractivity contribution in [3.63, 3.8) is 0 Å². The van der Waals surface area contributed by atoms with Gasteiger partial charge in [-0.3, -0.25) is 14.4 Å². The molecule has 1 aromatic heterocycles. The Hall–Kier alpha value is -2.18. The fourth-order valence-electron chi connectivity index (χ4n) is 2.69. The predicted octanol–water partition coefficient (Wildman–Crippen LogP) is 3.20. The topological polar surface area (TPSA) is 57.7 Å². The highest BCUT2D eigenvalue weighted by molar-refractivity contribution is 7.15. The number of rotatable bonds is 3. The van der Waals surface area contributed by atoms with Crippen molar-refractivity contribution >= 4 is 40.5 Å². The molecule has 0 N–H and O–H groups in total. The maximum absolute atomic E-state index is 12.5. The van der Waals surface area contributed by atoms with Crippen LogP contribution in [0.4, 0.5) is 0 Å². The van der Waals surface area contributed by atoms with Crippen molar-refractivity contribution in [2.24, 2.45) is 0 Å². The normalized spacial score (nSPS) is 14.5. The lowest BCUT2D eigenvalue weighted by Crippen LogP contribution is -2.50. The van der Waals surface area contributed by atoms with Crippen LogP contribution in [0.2, 0.25) is 5.02 Å². The van der Waals surface area contributed by atoms with E-state index in [1.807, 2.05) is 0 Å². The Bertz CT molecular complexity index is 808. The van der Waals surface area contributed by atoms with Crippen LogP contribution in [0.1, 0.15) is 36.6 Å². The first kappa shape index (κ1) is 17.6. The van der Waals surface area contributed by atoms with Gasteiger partial charge in [-0.2, -0.15) is 0 Å². The van der Waals surface area contributed by atoms with Gasteiger partial charge in [0, 0.05) is 36.8 Å². The van der Waals surface area contributed by atoms with Gasteiger partial charge < -0.3 is 9.80 Å². The first-order chi connectivity index (χ1) is 12.0. The second-order valence-electron chi connectivity index (χ2n) is 5.81. The molecule has 1 aromatic carbocycles. The van der Waals surface area contributed by atoms with Gasteiger partial charge in [-0.05, 0) is 43.3 Å². The number of hydrogen-bond donors (Lipinski definition) is 0. The summed E-state index contributed by atoms with van der Waals surface area (Å²) in [5.74, 6) is -0.183. The Kier molecular flexibility index (Phi) is 5.20. The number of hydrogen-bond acceptors (Lipinski definition) is 4. The van der Waals surface area contributed by atoms with Crippen molar-refractivity contribution in [1.82, 2.24) is 9.80 Å². The van der Waals surface area contributed by atoms with Gasteiger partial charge in [0.25, 0.3) is 11.8 Å². The second kappa shape index (κ2) is 7.37. The van der Waals surface area contributed by atoms with E-state index in [1.54, 1.807) is 46.2 Å². The van der Waals surface area contributed by atoms with E-state index in [0.717, 1.165) is 0 Å². The summed E-state index contributed by atoms with van der Waals surface area (Å²) in [4.78, 5) is 41.0. The summed E-state index contributed by atoms with van der Waals surface area (Å²) in [5.41, 5.74) is 0.591. The van der Waals surface area contributed by atoms with Crippen molar-refractivity contribution < 1.29 is 14.4 Å². The number of ketones is 1. The van der Waals surface area contributed by atoms with Crippen LogP contribution in [0.15, 0.2) is 36.4 Å². The lowest BCUT2D eigenvalue weighted by Gasteiger charge is -2.34. The van der Waals surface area contributed by atoms with Crippen molar-refractivity contribution in [1.29, 1.82) is 0 Å². The molecule has 0 saturated carbocycles. The molecule has 5 nitrogen and oxygen atoms in total. The number of carbonyl (C=O) groups excluding carboxylic acids is 3. The lowest BCUT2D eigenvalue weighted by atomic mass is 10.2. The molecular weight excluding hydrogens is 360 g/mol. The zero-order valence-electron chi connectivity index (χ0n) is 13.7. The Labute approximate surface area is 154 Å². The molecule has 0 spiro atoms. The van der Waals surface area contributed by atoms with Crippen LogP contribution in [0, 0.1) is 0 Å². The van der Waals surface area contributed by atoms with Crippen molar-refractivity contribution in [3.8, 4) is 0 Å². The number of Topliss-reactive ketones (excluding diaryl/α,β-unsaturated/α-hetero) is 1. The largest absolute Gasteiger partial charge is 0.335 e. The molecular formula is C18H17ClN2O3S. The van der Waals surface area contributed by atoms with Gasteiger partial charge in [0.2, 0.25) is 0 Å². The predicted molar refractivity (Wildman–Crippen MR) is 97.6 cm³/mol. The molecule has 130 valence electrons. The van der Waals surface area contributed by atoms with E-state index in [4.69, 9.17) is 11.6 Å². The van der Waals surface area contributed by atoms with Crippen LogP contribution in [0.3, 0.4) is 0 Å². The molecule has 0 radical (unpaired) electrons. The molecule has 0 atom stereocenters. The van der Waals surface area contributed by atoms with E-state index in [1.165, 1.54) is 18.3 Å². The molecule has 1 aliphatic heterocycles. The third-order valence-electron chi connectivity index (χ3n) is 4.11. The van der Waals surface area contributed by atoms with Gasteiger partial charge in [0.05, 0.1) is 9.75 Å². The first-order valence-electron chi connectivity index (χ1n) is 7.90. The molecule has 7 heteroatoms. The highest BCUT2D eigenvalue weighted by Gasteiger charge is 2.26. The number of halogens is 1. The van der Waals surface area contributed by atoms with Gasteiger partial charge in [-0.1, -0.05) is 11.6 Å². The number of piperazine rings is 1.